The first-order valence-corrected chi connectivity index (χ1v) is 8.80. The van der Waals surface area contributed by atoms with Crippen LogP contribution in [0, 0.1) is 0 Å². The number of carboxylic acid groups (broad SMARTS) is 1. The number of hydrogen-bond donors (Lipinski definition) is 1. The van der Waals surface area contributed by atoms with E-state index in [1.54, 1.807) is 0 Å². The summed E-state index contributed by atoms with van der Waals surface area (Å²) in [6.07, 6.45) is 1.36. The molecule has 0 amide bonds. The van der Waals surface area contributed by atoms with Crippen LogP contribution in [0.5, 0.6) is 0 Å². The molecule has 0 aliphatic rings. The van der Waals surface area contributed by atoms with Crippen LogP contribution in [0.4, 0.5) is 0 Å². The second-order valence-corrected chi connectivity index (χ2v) is 10.4. The van der Waals surface area contributed by atoms with Gasteiger partial charge in [0.2, 0.25) is 0 Å². The number of carbonyl (C=O) groups is 1. The van der Waals surface area contributed by atoms with Crippen molar-refractivity contribution in [3.8, 4) is 0 Å². The Balaban J connectivity index is 0.00000256. The van der Waals surface area contributed by atoms with Crippen molar-refractivity contribution in [3.63, 3.8) is 0 Å². The predicted molar refractivity (Wildman–Crippen MR) is 66.8 cm³/mol. The minimum atomic E-state index is -1.12. The molecule has 0 saturated heterocycles. The molecule has 0 spiro atoms. The normalized spacial score (nSPS) is 11.0. The molecule has 1 heterocycles. The molecule has 8 heteroatoms. The van der Waals surface area contributed by atoms with Crippen molar-refractivity contribution in [2.75, 3.05) is 6.61 Å². The van der Waals surface area contributed by atoms with E-state index >= 15 is 0 Å². The van der Waals surface area contributed by atoms with Gasteiger partial charge in [0, 0.05) is 66.1 Å². The molecule has 0 aliphatic carbocycles. The van der Waals surface area contributed by atoms with Crippen LogP contribution in [0.3, 0.4) is 0 Å². The van der Waals surface area contributed by atoms with E-state index in [9.17, 15) is 4.79 Å². The van der Waals surface area contributed by atoms with Crippen LogP contribution in [0.1, 0.15) is 10.6 Å². The van der Waals surface area contributed by atoms with Gasteiger partial charge in [0.25, 0.3) is 5.82 Å². The van der Waals surface area contributed by atoms with E-state index in [-0.39, 0.29) is 63.9 Å². The monoisotopic (exact) mass is 282 g/mol. The summed E-state index contributed by atoms with van der Waals surface area (Å²) in [7, 11) is -1.07. The van der Waals surface area contributed by atoms with Crippen molar-refractivity contribution in [2.45, 2.75) is 32.4 Å². The Morgan fingerprint density at radius 3 is 2.65 bits per heavy atom. The number of nitrogens with zero attached hydrogens (tertiary/aromatic N) is 3. The van der Waals surface area contributed by atoms with Gasteiger partial charge < -0.3 is 9.84 Å². The summed E-state index contributed by atoms with van der Waals surface area (Å²) < 4.78 is 6.77. The van der Waals surface area contributed by atoms with Gasteiger partial charge >= 0.3 is 5.97 Å². The largest absolute Gasteiger partial charge is 0.475 e. The van der Waals surface area contributed by atoms with Gasteiger partial charge in [-0.25, -0.2) is 14.5 Å². The molecule has 91 valence electrons. The predicted octanol–water partition coefficient (Wildman–Crippen LogP) is 0.908. The molecule has 17 heavy (non-hydrogen) atoms. The molecule has 0 saturated carbocycles. The number of carboxylic acids is 1. The third-order valence-electron chi connectivity index (χ3n) is 1.95. The molecular formula is C9H17KN3O3Si. The van der Waals surface area contributed by atoms with Crippen LogP contribution in [0.2, 0.25) is 25.7 Å². The zero-order valence-electron chi connectivity index (χ0n) is 10.8. The van der Waals surface area contributed by atoms with Crippen LogP contribution in [0.25, 0.3) is 0 Å². The van der Waals surface area contributed by atoms with Crippen LogP contribution in [0.15, 0.2) is 6.33 Å². The van der Waals surface area contributed by atoms with E-state index in [0.717, 1.165) is 6.04 Å². The fraction of sp³-hybridized carbons (Fsp3) is 0.667. The maximum Gasteiger partial charge on any atom is 0.375 e. The molecular weight excluding hydrogens is 265 g/mol. The Bertz CT molecular complexity index is 365. The molecule has 0 aromatic carbocycles. The second kappa shape index (κ2) is 7.77. The molecule has 1 radical (unpaired) electrons. The average Bonchev–Trinajstić information content (AvgIpc) is 2.59. The standard InChI is InChI=1S/C9H17N3O3Si.K/c1-16(2,3)5-4-15-7-12-6-10-8(11-12)9(13)14;/h6H,4-5,7H2,1-3H3,(H,13,14);. The first-order chi connectivity index (χ1) is 7.38. The SMILES string of the molecule is C[Si](C)(C)CCOCn1cnc(C(=O)O)n1.[K]. The summed E-state index contributed by atoms with van der Waals surface area (Å²) >= 11 is 0. The van der Waals surface area contributed by atoms with Gasteiger partial charge in [0.05, 0.1) is 0 Å². The third-order valence-corrected chi connectivity index (χ3v) is 3.65. The van der Waals surface area contributed by atoms with Gasteiger partial charge in [-0.2, -0.15) is 0 Å². The average molecular weight is 282 g/mol. The fourth-order valence-electron chi connectivity index (χ4n) is 0.991. The summed E-state index contributed by atoms with van der Waals surface area (Å²) in [5.41, 5.74) is 0. The van der Waals surface area contributed by atoms with E-state index in [0.29, 0.717) is 6.61 Å². The Morgan fingerprint density at radius 2 is 2.18 bits per heavy atom. The topological polar surface area (TPSA) is 77.2 Å². The quantitative estimate of drug-likeness (QED) is 0.620. The molecule has 6 nitrogen and oxygen atoms in total. The molecule has 1 aromatic heterocycles. The third kappa shape index (κ3) is 7.44. The second-order valence-electron chi connectivity index (χ2n) is 4.76. The van der Waals surface area contributed by atoms with Crippen molar-refractivity contribution in [3.05, 3.63) is 12.2 Å². The van der Waals surface area contributed by atoms with Crippen molar-refractivity contribution in [1.29, 1.82) is 0 Å². The van der Waals surface area contributed by atoms with Gasteiger partial charge in [-0.3, -0.25) is 0 Å². The fourth-order valence-corrected chi connectivity index (χ4v) is 1.75. The number of hydrogen-bond acceptors (Lipinski definition) is 4. The zero-order chi connectivity index (χ0) is 12.2. The molecule has 1 rings (SSSR count). The molecule has 0 unspecified atom stereocenters. The molecule has 0 fully saturated rings. The van der Waals surface area contributed by atoms with Crippen molar-refractivity contribution >= 4 is 65.4 Å². The minimum absolute atomic E-state index is 0. The Morgan fingerprint density at radius 1 is 1.53 bits per heavy atom. The smallest absolute Gasteiger partial charge is 0.375 e. The first-order valence-electron chi connectivity index (χ1n) is 5.09. The summed E-state index contributed by atoms with van der Waals surface area (Å²) in [4.78, 5) is 14.1. The van der Waals surface area contributed by atoms with Gasteiger partial charge in [-0.05, 0) is 6.04 Å². The summed E-state index contributed by atoms with van der Waals surface area (Å²) in [5.74, 6) is -1.32. The Hall–Kier alpha value is 0.423. The van der Waals surface area contributed by atoms with Crippen molar-refractivity contribution in [2.24, 2.45) is 0 Å². The number of aromatic nitrogens is 3. The van der Waals surface area contributed by atoms with E-state index in [2.05, 4.69) is 29.7 Å². The van der Waals surface area contributed by atoms with Crippen LogP contribution in [-0.4, -0.2) is 91.9 Å². The van der Waals surface area contributed by atoms with Gasteiger partial charge in [0.15, 0.2) is 0 Å². The zero-order valence-corrected chi connectivity index (χ0v) is 14.9. The number of aromatic carboxylic acids is 1. The van der Waals surface area contributed by atoms with Crippen molar-refractivity contribution in [1.82, 2.24) is 14.8 Å². The van der Waals surface area contributed by atoms with Crippen LogP contribution in [-0.2, 0) is 11.5 Å². The van der Waals surface area contributed by atoms with Gasteiger partial charge in [0.1, 0.15) is 13.1 Å². The Kier molecular flexibility index (Phi) is 7.96. The summed E-state index contributed by atoms with van der Waals surface area (Å²) in [5, 5.41) is 12.3. The summed E-state index contributed by atoms with van der Waals surface area (Å²) in [6.45, 7) is 7.75. The summed E-state index contributed by atoms with van der Waals surface area (Å²) in [6, 6.07) is 1.08. The van der Waals surface area contributed by atoms with E-state index in [1.807, 2.05) is 0 Å². The van der Waals surface area contributed by atoms with Gasteiger partial charge in [-0.15, -0.1) is 5.10 Å². The molecule has 1 N–H and O–H groups in total. The van der Waals surface area contributed by atoms with E-state index in [4.69, 9.17) is 9.84 Å². The molecule has 0 atom stereocenters. The van der Waals surface area contributed by atoms with Crippen LogP contribution < -0.4 is 0 Å². The molecule has 0 aliphatic heterocycles. The van der Waals surface area contributed by atoms with Gasteiger partial charge in [-0.1, -0.05) is 19.6 Å². The van der Waals surface area contributed by atoms with E-state index < -0.39 is 14.0 Å². The number of ether oxygens (including phenoxy) is 1. The van der Waals surface area contributed by atoms with Crippen LogP contribution >= 0.6 is 0 Å². The molecule has 0 bridgehead atoms. The minimum Gasteiger partial charge on any atom is -0.475 e. The van der Waals surface area contributed by atoms with Crippen molar-refractivity contribution < 1.29 is 14.6 Å². The maximum absolute atomic E-state index is 10.5. The first kappa shape index (κ1) is 17.4. The maximum atomic E-state index is 10.5. The number of rotatable bonds is 6. The van der Waals surface area contributed by atoms with E-state index in [1.165, 1.54) is 11.0 Å². The molecule has 1 aromatic rings. The Labute approximate surface area is 144 Å².